The third kappa shape index (κ3) is 3.38. The van der Waals surface area contributed by atoms with Crippen molar-refractivity contribution in [1.82, 2.24) is 9.80 Å². The van der Waals surface area contributed by atoms with Crippen LogP contribution in [0.5, 0.6) is 0 Å². The van der Waals surface area contributed by atoms with Gasteiger partial charge in [-0.1, -0.05) is 0 Å². The van der Waals surface area contributed by atoms with Gasteiger partial charge in [0, 0.05) is 19.0 Å². The van der Waals surface area contributed by atoms with E-state index in [0.29, 0.717) is 0 Å². The van der Waals surface area contributed by atoms with E-state index < -0.39 is 0 Å². The highest BCUT2D eigenvalue weighted by Crippen LogP contribution is 2.13. The Kier molecular flexibility index (Phi) is 4.27. The van der Waals surface area contributed by atoms with Gasteiger partial charge < -0.3 is 9.80 Å². The van der Waals surface area contributed by atoms with Gasteiger partial charge in [0.2, 0.25) is 0 Å². The molecule has 1 saturated heterocycles. The molecule has 0 unspecified atom stereocenters. The van der Waals surface area contributed by atoms with Crippen LogP contribution in [-0.2, 0) is 0 Å². The van der Waals surface area contributed by atoms with Gasteiger partial charge >= 0.3 is 0 Å². The number of hydrogen-bond acceptors (Lipinski definition) is 2. The molecule has 0 aromatic rings. The first-order valence-electron chi connectivity index (χ1n) is 5.06. The van der Waals surface area contributed by atoms with Crippen LogP contribution < -0.4 is 0 Å². The van der Waals surface area contributed by atoms with Crippen LogP contribution in [0.25, 0.3) is 0 Å². The number of likely N-dealkylation sites (tertiary alicyclic amines) is 1. The Labute approximate surface area is 81.9 Å². The van der Waals surface area contributed by atoms with Crippen LogP contribution in [0.4, 0.5) is 0 Å². The van der Waals surface area contributed by atoms with Crippen molar-refractivity contribution in [3.05, 3.63) is 0 Å². The van der Waals surface area contributed by atoms with Gasteiger partial charge in [0.05, 0.1) is 0 Å². The van der Waals surface area contributed by atoms with Crippen molar-refractivity contribution in [3.63, 3.8) is 0 Å². The van der Waals surface area contributed by atoms with Gasteiger partial charge in [0.1, 0.15) is 0 Å². The fourth-order valence-corrected chi connectivity index (χ4v) is 1.88. The summed E-state index contributed by atoms with van der Waals surface area (Å²) in [5.41, 5.74) is 0. The summed E-state index contributed by atoms with van der Waals surface area (Å²) in [6.45, 7) is 3.51. The van der Waals surface area contributed by atoms with Gasteiger partial charge in [-0.25, -0.2) is 0 Å². The zero-order chi connectivity index (χ0) is 9.68. The summed E-state index contributed by atoms with van der Waals surface area (Å²) in [6, 6.07) is 0.780. The minimum Gasteiger partial charge on any atom is -0.306 e. The molecular formula is C11H20N2. The van der Waals surface area contributed by atoms with Crippen molar-refractivity contribution in [1.29, 1.82) is 0 Å². The van der Waals surface area contributed by atoms with Gasteiger partial charge in [-0.2, -0.15) is 0 Å². The summed E-state index contributed by atoms with van der Waals surface area (Å²) >= 11 is 0. The lowest BCUT2D eigenvalue weighted by Gasteiger charge is -2.34. The van der Waals surface area contributed by atoms with E-state index in [-0.39, 0.29) is 0 Å². The van der Waals surface area contributed by atoms with Crippen LogP contribution in [0.15, 0.2) is 0 Å². The molecule has 0 saturated carbocycles. The summed E-state index contributed by atoms with van der Waals surface area (Å²) in [4.78, 5) is 4.80. The molecule has 0 N–H and O–H groups in total. The number of rotatable bonds is 3. The van der Waals surface area contributed by atoms with E-state index in [1.54, 1.807) is 0 Å². The molecule has 1 aliphatic rings. The second kappa shape index (κ2) is 5.26. The Morgan fingerprint density at radius 3 is 2.46 bits per heavy atom. The van der Waals surface area contributed by atoms with Crippen LogP contribution in [0.1, 0.15) is 19.3 Å². The molecule has 13 heavy (non-hydrogen) atoms. The van der Waals surface area contributed by atoms with Crippen molar-refractivity contribution in [2.45, 2.75) is 25.3 Å². The largest absolute Gasteiger partial charge is 0.306 e. The van der Waals surface area contributed by atoms with Crippen molar-refractivity contribution in [2.24, 2.45) is 0 Å². The molecule has 0 aromatic heterocycles. The highest BCUT2D eigenvalue weighted by atomic mass is 15.2. The SMILES string of the molecule is C#CCCN1CCC(N(C)C)CC1. The highest BCUT2D eigenvalue weighted by molar-refractivity contribution is 4.86. The fourth-order valence-electron chi connectivity index (χ4n) is 1.88. The lowest BCUT2D eigenvalue weighted by Crippen LogP contribution is -2.42. The standard InChI is InChI=1S/C11H20N2/c1-4-5-8-13-9-6-11(7-10-13)12(2)3/h1,11H,5-10H2,2-3H3. The Morgan fingerprint density at radius 1 is 1.38 bits per heavy atom. The van der Waals surface area contributed by atoms with Crippen LogP contribution in [0.3, 0.4) is 0 Å². The molecule has 1 aliphatic heterocycles. The van der Waals surface area contributed by atoms with Gasteiger partial charge in [-0.05, 0) is 40.0 Å². The third-order valence-corrected chi connectivity index (χ3v) is 2.86. The monoisotopic (exact) mass is 180 g/mol. The average molecular weight is 180 g/mol. The number of hydrogen-bond donors (Lipinski definition) is 0. The summed E-state index contributed by atoms with van der Waals surface area (Å²) < 4.78 is 0. The molecule has 0 radical (unpaired) electrons. The molecule has 0 aliphatic carbocycles. The minimum atomic E-state index is 0.780. The molecule has 74 valence electrons. The van der Waals surface area contributed by atoms with E-state index in [4.69, 9.17) is 6.42 Å². The maximum absolute atomic E-state index is 5.24. The second-order valence-electron chi connectivity index (χ2n) is 3.99. The normalized spacial score (nSPS) is 20.5. The highest BCUT2D eigenvalue weighted by Gasteiger charge is 2.19. The third-order valence-electron chi connectivity index (χ3n) is 2.86. The topological polar surface area (TPSA) is 6.48 Å². The summed E-state index contributed by atoms with van der Waals surface area (Å²) in [5.74, 6) is 2.70. The molecule has 0 spiro atoms. The molecule has 0 aromatic carbocycles. The van der Waals surface area contributed by atoms with Crippen LogP contribution in [-0.4, -0.2) is 49.6 Å². The Bertz CT molecular complexity index is 173. The smallest absolute Gasteiger partial charge is 0.0214 e. The zero-order valence-electron chi connectivity index (χ0n) is 8.79. The summed E-state index contributed by atoms with van der Waals surface area (Å²) in [5, 5.41) is 0. The van der Waals surface area contributed by atoms with E-state index in [1.807, 2.05) is 0 Å². The van der Waals surface area contributed by atoms with Crippen molar-refractivity contribution in [3.8, 4) is 12.3 Å². The van der Waals surface area contributed by atoms with E-state index in [1.165, 1.54) is 25.9 Å². The van der Waals surface area contributed by atoms with E-state index >= 15 is 0 Å². The molecule has 1 heterocycles. The molecule has 1 fully saturated rings. The number of terminal acetylenes is 1. The fraction of sp³-hybridized carbons (Fsp3) is 0.818. The summed E-state index contributed by atoms with van der Waals surface area (Å²) in [6.07, 6.45) is 8.71. The lowest BCUT2D eigenvalue weighted by molar-refractivity contribution is 0.147. The van der Waals surface area contributed by atoms with Crippen molar-refractivity contribution < 1.29 is 0 Å². The number of piperidine rings is 1. The quantitative estimate of drug-likeness (QED) is 0.599. The predicted octanol–water partition coefficient (Wildman–Crippen LogP) is 1.04. The van der Waals surface area contributed by atoms with Gasteiger partial charge in [0.25, 0.3) is 0 Å². The van der Waals surface area contributed by atoms with E-state index in [0.717, 1.165) is 19.0 Å². The Morgan fingerprint density at radius 2 is 2.00 bits per heavy atom. The maximum Gasteiger partial charge on any atom is 0.0214 e. The molecule has 1 rings (SSSR count). The van der Waals surface area contributed by atoms with E-state index in [9.17, 15) is 0 Å². The van der Waals surface area contributed by atoms with Crippen molar-refractivity contribution >= 4 is 0 Å². The lowest BCUT2D eigenvalue weighted by atomic mass is 10.0. The molecule has 2 nitrogen and oxygen atoms in total. The van der Waals surface area contributed by atoms with Gasteiger partial charge in [0.15, 0.2) is 0 Å². The average Bonchev–Trinajstić information content (AvgIpc) is 2.15. The van der Waals surface area contributed by atoms with Crippen LogP contribution in [0.2, 0.25) is 0 Å². The first kappa shape index (κ1) is 10.6. The van der Waals surface area contributed by atoms with Crippen molar-refractivity contribution in [2.75, 3.05) is 33.7 Å². The first-order chi connectivity index (χ1) is 6.24. The van der Waals surface area contributed by atoms with Crippen LogP contribution >= 0.6 is 0 Å². The first-order valence-corrected chi connectivity index (χ1v) is 5.06. The summed E-state index contributed by atoms with van der Waals surface area (Å²) in [7, 11) is 4.34. The molecule has 0 atom stereocenters. The molecule has 2 heteroatoms. The minimum absolute atomic E-state index is 0.780. The van der Waals surface area contributed by atoms with Gasteiger partial charge in [-0.15, -0.1) is 12.3 Å². The maximum atomic E-state index is 5.24. The van der Waals surface area contributed by atoms with Gasteiger partial charge in [-0.3, -0.25) is 0 Å². The molecular weight excluding hydrogens is 160 g/mol. The Hall–Kier alpha value is -0.520. The van der Waals surface area contributed by atoms with Crippen LogP contribution in [0, 0.1) is 12.3 Å². The zero-order valence-corrected chi connectivity index (χ0v) is 8.79. The molecule has 0 amide bonds. The molecule has 0 bridgehead atoms. The Balaban J connectivity index is 2.19. The van der Waals surface area contributed by atoms with E-state index in [2.05, 4.69) is 29.8 Å². The number of nitrogens with zero attached hydrogens (tertiary/aromatic N) is 2. The second-order valence-corrected chi connectivity index (χ2v) is 3.99. The predicted molar refractivity (Wildman–Crippen MR) is 56.6 cm³/mol.